The Labute approximate surface area is 179 Å². The van der Waals surface area contributed by atoms with Gasteiger partial charge >= 0.3 is 0 Å². The van der Waals surface area contributed by atoms with Crippen LogP contribution >= 0.6 is 23.4 Å². The van der Waals surface area contributed by atoms with E-state index in [4.69, 9.17) is 11.6 Å². The predicted octanol–water partition coefficient (Wildman–Crippen LogP) is 4.59. The van der Waals surface area contributed by atoms with Gasteiger partial charge in [0.1, 0.15) is 5.25 Å². The van der Waals surface area contributed by atoms with Crippen LogP contribution in [0, 0.1) is 6.92 Å². The number of aryl methyl sites for hydroxylation is 2. The first-order chi connectivity index (χ1) is 14.1. The Bertz CT molecular complexity index is 1020. The average molecular weight is 428 g/mol. The van der Waals surface area contributed by atoms with Crippen LogP contribution in [0.25, 0.3) is 0 Å². The molecule has 4 rings (SSSR count). The Morgan fingerprint density at radius 3 is 2.79 bits per heavy atom. The van der Waals surface area contributed by atoms with E-state index in [-0.39, 0.29) is 11.9 Å². The van der Waals surface area contributed by atoms with E-state index < -0.39 is 5.25 Å². The second kappa shape index (κ2) is 8.47. The minimum atomic E-state index is -0.415. The lowest BCUT2D eigenvalue weighted by Gasteiger charge is -2.33. The molecular formula is C21H22ClN5OS. The first-order valence-corrected chi connectivity index (χ1v) is 10.8. The average Bonchev–Trinajstić information content (AvgIpc) is 3.12. The molecule has 0 saturated carbocycles. The summed E-state index contributed by atoms with van der Waals surface area (Å²) in [6.07, 6.45) is 1.79. The van der Waals surface area contributed by atoms with E-state index in [0.29, 0.717) is 15.9 Å². The van der Waals surface area contributed by atoms with Crippen LogP contribution in [0.1, 0.15) is 36.3 Å². The summed E-state index contributed by atoms with van der Waals surface area (Å²) in [6, 6.07) is 15.2. The molecule has 2 heterocycles. The molecule has 150 valence electrons. The van der Waals surface area contributed by atoms with Gasteiger partial charge in [0.05, 0.1) is 6.04 Å². The lowest BCUT2D eigenvalue weighted by molar-refractivity contribution is -0.116. The van der Waals surface area contributed by atoms with Gasteiger partial charge in [0, 0.05) is 17.1 Å². The Morgan fingerprint density at radius 1 is 1.24 bits per heavy atom. The lowest BCUT2D eigenvalue weighted by atomic mass is 10.0. The quantitative estimate of drug-likeness (QED) is 0.623. The maximum Gasteiger partial charge on any atom is 0.240 e. The first-order valence-electron chi connectivity index (χ1n) is 9.56. The van der Waals surface area contributed by atoms with Gasteiger partial charge in [0.15, 0.2) is 5.82 Å². The van der Waals surface area contributed by atoms with Crippen LogP contribution in [0.2, 0.25) is 5.02 Å². The SMILES string of the molecule is CCCc1nnc2n1N[C@H](c1ccccc1)[C@@H](C(=O)Nc1cc(Cl)ccc1C)S2. The van der Waals surface area contributed by atoms with Crippen molar-refractivity contribution in [1.82, 2.24) is 14.9 Å². The monoisotopic (exact) mass is 427 g/mol. The van der Waals surface area contributed by atoms with Crippen LogP contribution in [0.15, 0.2) is 53.7 Å². The highest BCUT2D eigenvalue weighted by Crippen LogP contribution is 2.38. The summed E-state index contributed by atoms with van der Waals surface area (Å²) in [4.78, 5) is 13.3. The number of carbonyl (C=O) groups excluding carboxylic acids is 1. The van der Waals surface area contributed by atoms with E-state index in [1.54, 1.807) is 6.07 Å². The molecule has 1 aliphatic rings. The molecule has 8 heteroatoms. The number of amides is 1. The zero-order chi connectivity index (χ0) is 20.4. The molecule has 2 atom stereocenters. The number of nitrogens with one attached hydrogen (secondary N) is 2. The van der Waals surface area contributed by atoms with Crippen molar-refractivity contribution in [2.24, 2.45) is 0 Å². The van der Waals surface area contributed by atoms with Crippen LogP contribution in [0.5, 0.6) is 0 Å². The fraction of sp³-hybridized carbons (Fsp3) is 0.286. The summed E-state index contributed by atoms with van der Waals surface area (Å²) in [5.41, 5.74) is 6.18. The van der Waals surface area contributed by atoms with Gasteiger partial charge in [0.2, 0.25) is 11.1 Å². The number of fused-ring (bicyclic) bond motifs is 1. The predicted molar refractivity (Wildman–Crippen MR) is 117 cm³/mol. The molecule has 0 aliphatic carbocycles. The molecule has 6 nitrogen and oxygen atoms in total. The fourth-order valence-corrected chi connectivity index (χ4v) is 4.60. The summed E-state index contributed by atoms with van der Waals surface area (Å²) in [7, 11) is 0. The van der Waals surface area contributed by atoms with Gasteiger partial charge in [-0.1, -0.05) is 66.7 Å². The second-order valence-electron chi connectivity index (χ2n) is 6.99. The van der Waals surface area contributed by atoms with Crippen molar-refractivity contribution in [3.05, 3.63) is 70.5 Å². The molecule has 0 spiro atoms. The highest BCUT2D eigenvalue weighted by Gasteiger charge is 2.37. The van der Waals surface area contributed by atoms with Gasteiger partial charge in [-0.15, -0.1) is 10.2 Å². The molecule has 0 bridgehead atoms. The summed E-state index contributed by atoms with van der Waals surface area (Å²) in [6.45, 7) is 4.05. The number of aromatic nitrogens is 3. The summed E-state index contributed by atoms with van der Waals surface area (Å²) < 4.78 is 1.92. The molecule has 1 aliphatic heterocycles. The van der Waals surface area contributed by atoms with Crippen LogP contribution in [-0.4, -0.2) is 26.0 Å². The lowest BCUT2D eigenvalue weighted by Crippen LogP contribution is -2.41. The van der Waals surface area contributed by atoms with Crippen molar-refractivity contribution in [2.45, 2.75) is 43.1 Å². The number of halogens is 1. The Hall–Kier alpha value is -2.51. The van der Waals surface area contributed by atoms with Gasteiger partial charge < -0.3 is 10.7 Å². The first kappa shape index (κ1) is 19.8. The highest BCUT2D eigenvalue weighted by atomic mass is 35.5. The number of anilines is 1. The fourth-order valence-electron chi connectivity index (χ4n) is 3.33. The Balaban J connectivity index is 1.67. The number of thioether (sulfide) groups is 1. The minimum Gasteiger partial charge on any atom is -0.325 e. The molecule has 0 saturated heterocycles. The molecule has 3 aromatic rings. The number of rotatable bonds is 5. The topological polar surface area (TPSA) is 71.8 Å². The molecule has 2 aromatic carbocycles. The molecule has 0 unspecified atom stereocenters. The number of hydrogen-bond acceptors (Lipinski definition) is 5. The van der Waals surface area contributed by atoms with Gasteiger partial charge in [-0.25, -0.2) is 4.68 Å². The van der Waals surface area contributed by atoms with Gasteiger partial charge in [-0.2, -0.15) is 0 Å². The zero-order valence-electron chi connectivity index (χ0n) is 16.2. The molecule has 1 amide bonds. The van der Waals surface area contributed by atoms with Crippen LogP contribution in [0.4, 0.5) is 5.69 Å². The molecule has 2 N–H and O–H groups in total. The van der Waals surface area contributed by atoms with Crippen molar-refractivity contribution in [1.29, 1.82) is 0 Å². The standard InChI is InChI=1S/C21H22ClN5OS/c1-3-7-17-24-25-21-27(17)26-18(14-8-5-4-6-9-14)19(29-21)20(28)23-16-12-15(22)11-10-13(16)2/h4-6,8-12,18-19,26H,3,7H2,1-2H3,(H,23,28)/t18-,19+/m1/s1. The summed E-state index contributed by atoms with van der Waals surface area (Å²) in [5, 5.41) is 12.5. The smallest absolute Gasteiger partial charge is 0.240 e. The van der Waals surface area contributed by atoms with Gasteiger partial charge in [0.25, 0.3) is 0 Å². The summed E-state index contributed by atoms with van der Waals surface area (Å²) >= 11 is 7.55. The number of carbonyl (C=O) groups is 1. The van der Waals surface area contributed by atoms with E-state index in [1.807, 2.05) is 54.1 Å². The van der Waals surface area contributed by atoms with E-state index in [9.17, 15) is 4.79 Å². The third kappa shape index (κ3) is 4.11. The van der Waals surface area contributed by atoms with Crippen molar-refractivity contribution in [2.75, 3.05) is 10.7 Å². The highest BCUT2D eigenvalue weighted by molar-refractivity contribution is 8.00. The Kier molecular flexibility index (Phi) is 5.78. The Morgan fingerprint density at radius 2 is 2.03 bits per heavy atom. The minimum absolute atomic E-state index is 0.104. The van der Waals surface area contributed by atoms with E-state index in [0.717, 1.165) is 29.8 Å². The molecule has 1 aromatic heterocycles. The third-order valence-electron chi connectivity index (χ3n) is 4.85. The van der Waals surface area contributed by atoms with Gasteiger partial charge in [-0.05, 0) is 36.6 Å². The molecular weight excluding hydrogens is 406 g/mol. The maximum atomic E-state index is 13.3. The molecule has 0 radical (unpaired) electrons. The second-order valence-corrected chi connectivity index (χ2v) is 8.53. The molecule has 29 heavy (non-hydrogen) atoms. The normalized spacial score (nSPS) is 18.0. The van der Waals surface area contributed by atoms with E-state index >= 15 is 0 Å². The van der Waals surface area contributed by atoms with E-state index in [2.05, 4.69) is 27.9 Å². The van der Waals surface area contributed by atoms with E-state index in [1.165, 1.54) is 11.8 Å². The van der Waals surface area contributed by atoms with Crippen LogP contribution < -0.4 is 10.7 Å². The van der Waals surface area contributed by atoms with Crippen LogP contribution in [-0.2, 0) is 11.2 Å². The number of benzene rings is 2. The van der Waals surface area contributed by atoms with Crippen molar-refractivity contribution < 1.29 is 4.79 Å². The number of nitrogens with zero attached hydrogens (tertiary/aromatic N) is 3. The van der Waals surface area contributed by atoms with Gasteiger partial charge in [-0.3, -0.25) is 4.79 Å². The third-order valence-corrected chi connectivity index (χ3v) is 6.30. The maximum absolute atomic E-state index is 13.3. The van der Waals surface area contributed by atoms with Crippen molar-refractivity contribution >= 4 is 35.0 Å². The summed E-state index contributed by atoms with van der Waals surface area (Å²) in [5.74, 6) is 0.772. The van der Waals surface area contributed by atoms with Crippen molar-refractivity contribution in [3.8, 4) is 0 Å². The zero-order valence-corrected chi connectivity index (χ0v) is 17.8. The van der Waals surface area contributed by atoms with Crippen LogP contribution in [0.3, 0.4) is 0 Å². The number of hydrogen-bond donors (Lipinski definition) is 2. The van der Waals surface area contributed by atoms with Crippen molar-refractivity contribution in [3.63, 3.8) is 0 Å². The molecule has 0 fully saturated rings. The largest absolute Gasteiger partial charge is 0.325 e.